The number of nitrogens with zero attached hydrogens (tertiary/aromatic N) is 1. The van der Waals surface area contributed by atoms with E-state index in [0.717, 1.165) is 23.8 Å². The summed E-state index contributed by atoms with van der Waals surface area (Å²) in [6.45, 7) is 1.53. The normalized spacial score (nSPS) is 9.47. The molecule has 0 saturated heterocycles. The third-order valence-corrected chi connectivity index (χ3v) is 2.54. The van der Waals surface area contributed by atoms with Crippen molar-refractivity contribution in [2.45, 2.75) is 6.54 Å². The van der Waals surface area contributed by atoms with Crippen LogP contribution in [0.25, 0.3) is 0 Å². The molecule has 0 saturated carbocycles. The molecule has 1 N–H and O–H groups in total. The van der Waals surface area contributed by atoms with Gasteiger partial charge in [0.2, 0.25) is 5.76 Å². The molecular formula is C11H12N2OS. The van der Waals surface area contributed by atoms with Gasteiger partial charge in [0.1, 0.15) is 11.8 Å². The summed E-state index contributed by atoms with van der Waals surface area (Å²) in [7, 11) is 0. The number of nitriles is 1. The van der Waals surface area contributed by atoms with Crippen LogP contribution in [0.2, 0.25) is 0 Å². The molecule has 0 bridgehead atoms. The van der Waals surface area contributed by atoms with Crippen LogP contribution < -0.4 is 5.32 Å². The van der Waals surface area contributed by atoms with Gasteiger partial charge < -0.3 is 9.73 Å². The van der Waals surface area contributed by atoms with Gasteiger partial charge in [0, 0.05) is 12.3 Å². The third-order valence-electron chi connectivity index (χ3n) is 1.68. The second-order valence-electron chi connectivity index (χ2n) is 2.81. The monoisotopic (exact) mass is 220 g/mol. The lowest BCUT2D eigenvalue weighted by Gasteiger charge is -2.00. The van der Waals surface area contributed by atoms with Gasteiger partial charge in [-0.1, -0.05) is 5.92 Å². The van der Waals surface area contributed by atoms with E-state index in [9.17, 15) is 0 Å². The van der Waals surface area contributed by atoms with Gasteiger partial charge in [0.25, 0.3) is 0 Å². The molecule has 0 spiro atoms. The van der Waals surface area contributed by atoms with Gasteiger partial charge in [0.05, 0.1) is 12.3 Å². The molecule has 1 rings (SSSR count). The Hall–Kier alpha value is -1.36. The van der Waals surface area contributed by atoms with Crippen LogP contribution in [0.4, 0.5) is 0 Å². The van der Waals surface area contributed by atoms with Crippen LogP contribution in [-0.4, -0.2) is 18.1 Å². The Morgan fingerprint density at radius 3 is 3.07 bits per heavy atom. The number of nitrogens with one attached hydrogen (secondary N) is 1. The lowest BCUT2D eigenvalue weighted by atomic mass is 10.4. The molecule has 1 aromatic heterocycles. The number of furan rings is 1. The van der Waals surface area contributed by atoms with Crippen LogP contribution in [0.3, 0.4) is 0 Å². The molecule has 3 nitrogen and oxygen atoms in total. The maximum absolute atomic E-state index is 8.53. The first kappa shape index (κ1) is 11.7. The third kappa shape index (κ3) is 4.60. The van der Waals surface area contributed by atoms with Gasteiger partial charge in [-0.25, -0.2) is 0 Å². The van der Waals surface area contributed by atoms with E-state index in [0.29, 0.717) is 12.3 Å². The van der Waals surface area contributed by atoms with Crippen molar-refractivity contribution < 1.29 is 4.42 Å². The zero-order valence-electron chi connectivity index (χ0n) is 8.32. The van der Waals surface area contributed by atoms with E-state index in [1.807, 2.05) is 6.07 Å². The number of hydrogen-bond acceptors (Lipinski definition) is 4. The summed E-state index contributed by atoms with van der Waals surface area (Å²) in [5, 5.41) is 11.7. The Morgan fingerprint density at radius 1 is 1.53 bits per heavy atom. The Labute approximate surface area is 93.8 Å². The molecule has 0 aliphatic carbocycles. The minimum absolute atomic E-state index is 0.355. The summed E-state index contributed by atoms with van der Waals surface area (Å²) in [6, 6.07) is 5.42. The Kier molecular flexibility index (Phi) is 5.47. The zero-order chi connectivity index (χ0) is 10.9. The van der Waals surface area contributed by atoms with Gasteiger partial charge in [-0.15, -0.1) is 18.2 Å². The number of rotatable bonds is 6. The van der Waals surface area contributed by atoms with Crippen LogP contribution in [0.5, 0.6) is 0 Å². The molecule has 0 radical (unpaired) electrons. The van der Waals surface area contributed by atoms with Crippen molar-refractivity contribution in [3.63, 3.8) is 0 Å². The molecule has 4 heteroatoms. The molecule has 78 valence electrons. The molecule has 0 aliphatic heterocycles. The first-order valence-electron chi connectivity index (χ1n) is 4.57. The molecule has 0 aliphatic rings. The molecule has 1 aromatic rings. The smallest absolute Gasteiger partial charge is 0.203 e. The van der Waals surface area contributed by atoms with E-state index in [-0.39, 0.29) is 0 Å². The fourth-order valence-corrected chi connectivity index (χ4v) is 1.57. The van der Waals surface area contributed by atoms with Gasteiger partial charge in [-0.2, -0.15) is 5.26 Å². The van der Waals surface area contributed by atoms with Crippen molar-refractivity contribution in [2.75, 3.05) is 18.1 Å². The van der Waals surface area contributed by atoms with Crippen LogP contribution in [0.1, 0.15) is 11.5 Å². The molecule has 0 unspecified atom stereocenters. The summed E-state index contributed by atoms with van der Waals surface area (Å²) >= 11 is 1.72. The Bertz CT molecular complexity index is 373. The van der Waals surface area contributed by atoms with E-state index in [1.165, 1.54) is 0 Å². The highest BCUT2D eigenvalue weighted by molar-refractivity contribution is 7.99. The molecule has 0 amide bonds. The highest BCUT2D eigenvalue weighted by Gasteiger charge is 1.99. The second kappa shape index (κ2) is 7.00. The van der Waals surface area contributed by atoms with Gasteiger partial charge in [-0.3, -0.25) is 0 Å². The Morgan fingerprint density at radius 2 is 2.40 bits per heavy atom. The average Bonchev–Trinajstić information content (AvgIpc) is 2.71. The average molecular weight is 220 g/mol. The van der Waals surface area contributed by atoms with Crippen LogP contribution >= 0.6 is 11.8 Å². The summed E-state index contributed by atoms with van der Waals surface area (Å²) in [4.78, 5) is 0. The number of hydrogen-bond donors (Lipinski definition) is 1. The standard InChI is InChI=1S/C11H12N2OS/c1-2-6-15-7-5-13-9-11-4-3-10(8-12)14-11/h1,3-4,13H,5-7,9H2. The van der Waals surface area contributed by atoms with Crippen molar-refractivity contribution in [3.05, 3.63) is 23.7 Å². The van der Waals surface area contributed by atoms with Crippen molar-refractivity contribution in [2.24, 2.45) is 0 Å². The summed E-state index contributed by atoms with van der Waals surface area (Å²) < 4.78 is 5.20. The topological polar surface area (TPSA) is 49.0 Å². The van der Waals surface area contributed by atoms with Gasteiger partial charge in [-0.05, 0) is 12.1 Å². The van der Waals surface area contributed by atoms with Crippen LogP contribution in [0.15, 0.2) is 16.5 Å². The van der Waals surface area contributed by atoms with Crippen molar-refractivity contribution in [1.29, 1.82) is 5.26 Å². The SMILES string of the molecule is C#CCSCCNCc1ccc(C#N)o1. The molecule has 15 heavy (non-hydrogen) atoms. The van der Waals surface area contributed by atoms with Crippen molar-refractivity contribution >= 4 is 11.8 Å². The van der Waals surface area contributed by atoms with Gasteiger partial charge >= 0.3 is 0 Å². The second-order valence-corrected chi connectivity index (χ2v) is 3.92. The van der Waals surface area contributed by atoms with E-state index in [2.05, 4.69) is 11.2 Å². The molecule has 0 atom stereocenters. The highest BCUT2D eigenvalue weighted by Crippen LogP contribution is 2.05. The van der Waals surface area contributed by atoms with Crippen LogP contribution in [0, 0.1) is 23.7 Å². The predicted molar refractivity (Wildman–Crippen MR) is 61.3 cm³/mol. The first-order valence-corrected chi connectivity index (χ1v) is 5.73. The van der Waals surface area contributed by atoms with E-state index in [1.54, 1.807) is 23.9 Å². The summed E-state index contributed by atoms with van der Waals surface area (Å²) in [6.07, 6.45) is 5.12. The van der Waals surface area contributed by atoms with Gasteiger partial charge in [0.15, 0.2) is 0 Å². The summed E-state index contributed by atoms with van der Waals surface area (Å²) in [5.74, 6) is 5.44. The predicted octanol–water partition coefficient (Wildman–Crippen LogP) is 1.61. The lowest BCUT2D eigenvalue weighted by molar-refractivity contribution is 0.478. The minimum atomic E-state index is 0.355. The number of terminal acetylenes is 1. The van der Waals surface area contributed by atoms with Crippen LogP contribution in [-0.2, 0) is 6.54 Å². The molecular weight excluding hydrogens is 208 g/mol. The summed E-state index contributed by atoms with van der Waals surface area (Å²) in [5.41, 5.74) is 0. The number of thioether (sulfide) groups is 1. The maximum Gasteiger partial charge on any atom is 0.203 e. The largest absolute Gasteiger partial charge is 0.449 e. The van der Waals surface area contributed by atoms with Crippen molar-refractivity contribution in [1.82, 2.24) is 5.32 Å². The zero-order valence-corrected chi connectivity index (χ0v) is 9.14. The highest BCUT2D eigenvalue weighted by atomic mass is 32.2. The lowest BCUT2D eigenvalue weighted by Crippen LogP contribution is -2.16. The van der Waals surface area contributed by atoms with E-state index < -0.39 is 0 Å². The molecule has 0 fully saturated rings. The fourth-order valence-electron chi connectivity index (χ4n) is 1.02. The van der Waals surface area contributed by atoms with E-state index in [4.69, 9.17) is 16.1 Å². The first-order chi connectivity index (χ1) is 7.36. The molecule has 1 heterocycles. The minimum Gasteiger partial charge on any atom is -0.449 e. The van der Waals surface area contributed by atoms with Crippen molar-refractivity contribution in [3.8, 4) is 18.4 Å². The molecule has 0 aromatic carbocycles. The fraction of sp³-hybridized carbons (Fsp3) is 0.364. The Balaban J connectivity index is 2.11. The quantitative estimate of drug-likeness (QED) is 0.584. The van der Waals surface area contributed by atoms with E-state index >= 15 is 0 Å². The maximum atomic E-state index is 8.53.